The van der Waals surface area contributed by atoms with Crippen molar-refractivity contribution in [3.05, 3.63) is 106 Å². The molecule has 17 nitrogen and oxygen atoms in total. The van der Waals surface area contributed by atoms with Gasteiger partial charge in [0.1, 0.15) is 18.1 Å². The molecule has 0 spiro atoms. The van der Waals surface area contributed by atoms with E-state index in [0.717, 1.165) is 55.4 Å². The van der Waals surface area contributed by atoms with E-state index in [1.54, 1.807) is 42.1 Å². The highest BCUT2D eigenvalue weighted by atomic mass is 19.3. The Morgan fingerprint density at radius 3 is 2.48 bits per heavy atom. The molecule has 3 amide bonds. The van der Waals surface area contributed by atoms with Gasteiger partial charge in [-0.05, 0) is 105 Å². The monoisotopic (exact) mass is 894 g/mol. The highest BCUT2D eigenvalue weighted by Gasteiger charge is 2.31. The molecular weight excluding hydrogens is 843 g/mol. The number of benzene rings is 2. The van der Waals surface area contributed by atoms with Crippen molar-refractivity contribution >= 4 is 40.3 Å². The van der Waals surface area contributed by atoms with Crippen LogP contribution < -0.4 is 27.0 Å². The summed E-state index contributed by atoms with van der Waals surface area (Å²) in [5.41, 5.74) is 3.60. The summed E-state index contributed by atoms with van der Waals surface area (Å²) in [6.07, 6.45) is 7.32. The molecule has 1 aliphatic carbocycles. The second-order valence-corrected chi connectivity index (χ2v) is 16.3. The second-order valence-electron chi connectivity index (χ2n) is 16.3. The Hall–Kier alpha value is -6.57. The third-order valence-electron chi connectivity index (χ3n) is 11.4. The lowest BCUT2D eigenvalue weighted by molar-refractivity contribution is -0.135. The van der Waals surface area contributed by atoms with Gasteiger partial charge in [0.05, 0.1) is 28.6 Å². The van der Waals surface area contributed by atoms with Gasteiger partial charge in [0.25, 0.3) is 12.3 Å². The first-order chi connectivity index (χ1) is 31.6. The quantitative estimate of drug-likeness (QED) is 0.0426. The number of imide groups is 1. The summed E-state index contributed by atoms with van der Waals surface area (Å²) in [5, 5.41) is 15.6. The molecular formula is C46H52F2N10O7. The number of pyridine rings is 1. The average Bonchev–Trinajstić information content (AvgIpc) is 3.72. The molecule has 4 aromatic heterocycles. The molecule has 1 saturated heterocycles. The van der Waals surface area contributed by atoms with Crippen LogP contribution in [0.1, 0.15) is 84.7 Å². The third-order valence-corrected chi connectivity index (χ3v) is 11.4. The van der Waals surface area contributed by atoms with E-state index in [1.165, 1.54) is 34.6 Å². The number of hydrogen-bond donors (Lipinski definition) is 4. The van der Waals surface area contributed by atoms with Crippen molar-refractivity contribution in [2.75, 3.05) is 50.2 Å². The lowest BCUT2D eigenvalue weighted by Gasteiger charge is -2.21. The summed E-state index contributed by atoms with van der Waals surface area (Å²) in [7, 11) is 1.69. The highest BCUT2D eigenvalue weighted by molar-refractivity contribution is 6.03. The van der Waals surface area contributed by atoms with Gasteiger partial charge in [-0.15, -0.1) is 0 Å². The Labute approximate surface area is 372 Å². The summed E-state index contributed by atoms with van der Waals surface area (Å²) < 4.78 is 49.5. The van der Waals surface area contributed by atoms with Crippen LogP contribution in [0.15, 0.2) is 82.5 Å². The van der Waals surface area contributed by atoms with Gasteiger partial charge in [-0.2, -0.15) is 5.10 Å². The van der Waals surface area contributed by atoms with E-state index in [9.17, 15) is 28.0 Å². The Bertz CT molecular complexity index is 2670. The molecule has 1 aliphatic heterocycles. The number of carbonyl (C=O) groups excluding carboxylic acids is 3. The number of piperidine rings is 1. The minimum Gasteiger partial charge on any atom is -0.444 e. The van der Waals surface area contributed by atoms with Crippen molar-refractivity contribution in [1.82, 2.24) is 39.5 Å². The van der Waals surface area contributed by atoms with Crippen LogP contribution in [0.3, 0.4) is 0 Å². The molecule has 19 heteroatoms. The molecule has 4 N–H and O–H groups in total. The number of ether oxygens (including phenoxy) is 2. The summed E-state index contributed by atoms with van der Waals surface area (Å²) in [6, 6.07) is 15.9. The van der Waals surface area contributed by atoms with Gasteiger partial charge >= 0.3 is 5.69 Å². The van der Waals surface area contributed by atoms with E-state index in [-0.39, 0.29) is 35.3 Å². The molecule has 2 aromatic carbocycles. The molecule has 2 aliphatic rings. The minimum absolute atomic E-state index is 0.0673. The number of alkyl halides is 2. The smallest absolute Gasteiger partial charge is 0.329 e. The number of fused-ring (bicyclic) bond motifs is 1. The molecule has 1 atom stereocenters. The van der Waals surface area contributed by atoms with Crippen molar-refractivity contribution in [2.24, 2.45) is 13.0 Å². The summed E-state index contributed by atoms with van der Waals surface area (Å²) >= 11 is 0. The fourth-order valence-corrected chi connectivity index (χ4v) is 7.64. The number of carbonyl (C=O) groups is 3. The van der Waals surface area contributed by atoms with Crippen LogP contribution in [-0.4, -0.2) is 86.1 Å². The molecule has 0 radical (unpaired) electrons. The van der Waals surface area contributed by atoms with Gasteiger partial charge in [-0.1, -0.05) is 18.2 Å². The van der Waals surface area contributed by atoms with Crippen LogP contribution in [0.2, 0.25) is 0 Å². The molecule has 1 unspecified atom stereocenters. The van der Waals surface area contributed by atoms with Gasteiger partial charge in [-0.25, -0.2) is 28.2 Å². The maximum Gasteiger partial charge on any atom is 0.329 e. The molecule has 0 bridgehead atoms. The van der Waals surface area contributed by atoms with Crippen molar-refractivity contribution in [3.63, 3.8) is 0 Å². The number of halogens is 2. The van der Waals surface area contributed by atoms with E-state index in [0.29, 0.717) is 67.9 Å². The average molecular weight is 895 g/mol. The van der Waals surface area contributed by atoms with Gasteiger partial charge in [0.2, 0.25) is 17.7 Å². The van der Waals surface area contributed by atoms with Crippen molar-refractivity contribution in [3.8, 4) is 17.1 Å². The number of oxazole rings is 1. The largest absolute Gasteiger partial charge is 0.444 e. The van der Waals surface area contributed by atoms with E-state index < -0.39 is 30.0 Å². The minimum atomic E-state index is -2.93. The molecule has 5 heterocycles. The normalized spacial score (nSPS) is 15.2. The van der Waals surface area contributed by atoms with E-state index in [4.69, 9.17) is 13.9 Å². The summed E-state index contributed by atoms with van der Waals surface area (Å²) in [5.74, 6) is 0.0655. The van der Waals surface area contributed by atoms with Crippen LogP contribution >= 0.6 is 0 Å². The number of nitrogens with zero attached hydrogens (tertiary/aromatic N) is 6. The van der Waals surface area contributed by atoms with Crippen LogP contribution in [0.4, 0.5) is 20.3 Å². The Kier molecular flexibility index (Phi) is 14.5. The number of hydrogen-bond acceptors (Lipinski definition) is 12. The maximum atomic E-state index is 14.0. The first-order valence-corrected chi connectivity index (χ1v) is 21.9. The number of amides is 3. The van der Waals surface area contributed by atoms with Gasteiger partial charge in [-0.3, -0.25) is 28.8 Å². The Balaban J connectivity index is 0.698. The standard InChI is InChI=1S/C46H52F2N10O7/c1-56-38-23-29(10-13-36(38)58(46(56)62)37-14-15-40(59)54-44(37)61)5-2-19-63-21-4-22-64-20-3-17-49-25-30-8-11-33(12-9-30)57-27-34(41(55-57)42(47)48)52-43(60)35-28-65-45(53-35)32-16-18-50-39(24-32)51-26-31-6-7-31/h8-13,16,18,23-24,27-28,31,37,42,49H,2-7,14-15,17,19-22,25-26H2,1H3,(H,50,51)(H,52,60)(H,54,59,61). The molecule has 6 aromatic rings. The molecule has 65 heavy (non-hydrogen) atoms. The van der Waals surface area contributed by atoms with Crippen molar-refractivity contribution < 1.29 is 37.1 Å². The summed E-state index contributed by atoms with van der Waals surface area (Å²) in [4.78, 5) is 58.7. The first-order valence-electron chi connectivity index (χ1n) is 21.9. The Morgan fingerprint density at radius 1 is 0.938 bits per heavy atom. The van der Waals surface area contributed by atoms with Crippen molar-refractivity contribution in [2.45, 2.75) is 70.4 Å². The number of rotatable bonds is 23. The topological polar surface area (TPSA) is 201 Å². The predicted octanol–water partition coefficient (Wildman–Crippen LogP) is 6.10. The van der Waals surface area contributed by atoms with E-state index in [2.05, 4.69) is 36.3 Å². The second kappa shape index (κ2) is 21.0. The van der Waals surface area contributed by atoms with E-state index in [1.807, 2.05) is 30.3 Å². The zero-order valence-corrected chi connectivity index (χ0v) is 36.1. The number of nitrogens with one attached hydrogen (secondary N) is 4. The zero-order chi connectivity index (χ0) is 45.3. The fourth-order valence-electron chi connectivity index (χ4n) is 7.64. The number of anilines is 2. The number of aromatic nitrogens is 6. The van der Waals surface area contributed by atoms with Gasteiger partial charge in [0, 0.05) is 64.7 Å². The Morgan fingerprint density at radius 2 is 1.71 bits per heavy atom. The highest BCUT2D eigenvalue weighted by Crippen LogP contribution is 2.30. The van der Waals surface area contributed by atoms with Gasteiger partial charge in [0.15, 0.2) is 11.4 Å². The van der Waals surface area contributed by atoms with Gasteiger partial charge < -0.3 is 29.8 Å². The fraction of sp³-hybridized carbons (Fsp3) is 0.413. The third kappa shape index (κ3) is 11.4. The molecule has 1 saturated carbocycles. The van der Waals surface area contributed by atoms with Crippen LogP contribution in [-0.2, 0) is 39.1 Å². The predicted molar refractivity (Wildman–Crippen MR) is 237 cm³/mol. The number of imidazole rings is 1. The van der Waals surface area contributed by atoms with Crippen LogP contribution in [0.5, 0.6) is 0 Å². The molecule has 8 rings (SSSR count). The lowest BCUT2D eigenvalue weighted by Crippen LogP contribution is -2.44. The zero-order valence-electron chi connectivity index (χ0n) is 36.1. The van der Waals surface area contributed by atoms with Crippen LogP contribution in [0.25, 0.3) is 28.2 Å². The first kappa shape index (κ1) is 45.0. The SMILES string of the molecule is Cn1c(=O)n(C2CCC(=O)NC2=O)c2ccc(CCCOCCCOCCCNCc3ccc(-n4cc(NC(=O)c5coc(-c6ccnc(NCC7CC7)c6)n5)c(C(F)F)n4)cc3)cc21. The van der Waals surface area contributed by atoms with Crippen LogP contribution in [0, 0.1) is 5.92 Å². The number of aryl methyl sites for hydroxylation is 2. The molecule has 2 fully saturated rings. The molecule has 342 valence electrons. The lowest BCUT2D eigenvalue weighted by atomic mass is 10.1. The summed E-state index contributed by atoms with van der Waals surface area (Å²) in [6.45, 7) is 4.57. The van der Waals surface area contributed by atoms with Crippen molar-refractivity contribution in [1.29, 1.82) is 0 Å². The maximum absolute atomic E-state index is 14.0. The van der Waals surface area contributed by atoms with E-state index >= 15 is 0 Å².